The molecule has 0 aromatic heterocycles. The number of aliphatic hydroxyl groups is 1. The number of nitrogens with one attached hydrogen (secondary N) is 1. The van der Waals surface area contributed by atoms with Crippen LogP contribution in [0.15, 0.2) is 0 Å². The van der Waals surface area contributed by atoms with Gasteiger partial charge in [0.2, 0.25) is 5.91 Å². The molecule has 4 heteroatoms. The van der Waals surface area contributed by atoms with Gasteiger partial charge in [0.15, 0.2) is 0 Å². The number of aliphatic hydroxyl groups excluding tert-OH is 1. The summed E-state index contributed by atoms with van der Waals surface area (Å²) in [7, 11) is 1.57. The lowest BCUT2D eigenvalue weighted by molar-refractivity contribution is -0.123. The quantitative estimate of drug-likeness (QED) is 0.716. The monoisotopic (exact) mass is 229 g/mol. The molecule has 1 amide bonds. The molecule has 1 aliphatic rings. The molecule has 94 valence electrons. The van der Waals surface area contributed by atoms with Crippen molar-refractivity contribution < 1.29 is 14.6 Å². The standard InChI is InChI=1S/C12H23NO3/c1-16-9-11(8-14)13-12(15)7-10-5-3-2-4-6-10/h10-11,14H,2-9H2,1H3,(H,13,15). The van der Waals surface area contributed by atoms with Gasteiger partial charge in [-0.05, 0) is 18.8 Å². The second-order valence-corrected chi connectivity index (χ2v) is 4.61. The highest BCUT2D eigenvalue weighted by Crippen LogP contribution is 2.26. The van der Waals surface area contributed by atoms with E-state index in [1.807, 2.05) is 0 Å². The summed E-state index contributed by atoms with van der Waals surface area (Å²) in [5, 5.41) is 11.8. The van der Waals surface area contributed by atoms with E-state index in [1.165, 1.54) is 32.1 Å². The van der Waals surface area contributed by atoms with E-state index >= 15 is 0 Å². The molecule has 4 nitrogen and oxygen atoms in total. The topological polar surface area (TPSA) is 58.6 Å². The summed E-state index contributed by atoms with van der Waals surface area (Å²) in [5.41, 5.74) is 0. The van der Waals surface area contributed by atoms with Gasteiger partial charge in [0.25, 0.3) is 0 Å². The van der Waals surface area contributed by atoms with Gasteiger partial charge in [0.1, 0.15) is 0 Å². The highest BCUT2D eigenvalue weighted by Gasteiger charge is 2.18. The van der Waals surface area contributed by atoms with Gasteiger partial charge in [-0.3, -0.25) is 4.79 Å². The third kappa shape index (κ3) is 4.94. The van der Waals surface area contributed by atoms with Crippen LogP contribution in [0.2, 0.25) is 0 Å². The van der Waals surface area contributed by atoms with Crippen molar-refractivity contribution in [2.24, 2.45) is 5.92 Å². The van der Waals surface area contributed by atoms with Crippen LogP contribution in [0.1, 0.15) is 38.5 Å². The molecule has 16 heavy (non-hydrogen) atoms. The minimum Gasteiger partial charge on any atom is -0.394 e. The molecule has 0 bridgehead atoms. The van der Waals surface area contributed by atoms with Crippen molar-refractivity contribution in [2.75, 3.05) is 20.3 Å². The number of carbonyl (C=O) groups is 1. The van der Waals surface area contributed by atoms with Gasteiger partial charge >= 0.3 is 0 Å². The van der Waals surface area contributed by atoms with Gasteiger partial charge in [-0.1, -0.05) is 19.3 Å². The fraction of sp³-hybridized carbons (Fsp3) is 0.917. The number of hydrogen-bond donors (Lipinski definition) is 2. The van der Waals surface area contributed by atoms with Gasteiger partial charge in [0.05, 0.1) is 19.3 Å². The van der Waals surface area contributed by atoms with Crippen LogP contribution in [0.4, 0.5) is 0 Å². The van der Waals surface area contributed by atoms with Crippen molar-refractivity contribution in [1.82, 2.24) is 5.32 Å². The molecule has 2 N–H and O–H groups in total. The first kappa shape index (κ1) is 13.5. The summed E-state index contributed by atoms with van der Waals surface area (Å²) in [6.45, 7) is 0.303. The summed E-state index contributed by atoms with van der Waals surface area (Å²) >= 11 is 0. The van der Waals surface area contributed by atoms with Crippen molar-refractivity contribution in [1.29, 1.82) is 0 Å². The molecule has 0 aliphatic heterocycles. The zero-order valence-corrected chi connectivity index (χ0v) is 10.1. The predicted octanol–water partition coefficient (Wildman–Crippen LogP) is 1.08. The molecular weight excluding hydrogens is 206 g/mol. The fourth-order valence-corrected chi connectivity index (χ4v) is 2.28. The van der Waals surface area contributed by atoms with Crippen LogP contribution in [0.3, 0.4) is 0 Å². The van der Waals surface area contributed by atoms with E-state index in [1.54, 1.807) is 7.11 Å². The second kappa shape index (κ2) is 7.63. The average molecular weight is 229 g/mol. The van der Waals surface area contributed by atoms with Gasteiger partial charge < -0.3 is 15.2 Å². The summed E-state index contributed by atoms with van der Waals surface area (Å²) < 4.78 is 4.91. The Kier molecular flexibility index (Phi) is 6.42. The normalized spacial score (nSPS) is 19.4. The van der Waals surface area contributed by atoms with Gasteiger partial charge in [-0.15, -0.1) is 0 Å². The predicted molar refractivity (Wildman–Crippen MR) is 62.1 cm³/mol. The summed E-state index contributed by atoms with van der Waals surface area (Å²) in [6, 6.07) is -0.263. The van der Waals surface area contributed by atoms with Crippen molar-refractivity contribution in [3.63, 3.8) is 0 Å². The van der Waals surface area contributed by atoms with E-state index in [9.17, 15) is 4.79 Å². The second-order valence-electron chi connectivity index (χ2n) is 4.61. The number of ether oxygens (including phenoxy) is 1. The lowest BCUT2D eigenvalue weighted by Gasteiger charge is -2.22. The molecule has 1 rings (SSSR count). The Morgan fingerprint density at radius 1 is 1.44 bits per heavy atom. The largest absolute Gasteiger partial charge is 0.394 e. The molecule has 0 aromatic carbocycles. The Bertz CT molecular complexity index is 194. The van der Waals surface area contributed by atoms with Crippen molar-refractivity contribution in [2.45, 2.75) is 44.6 Å². The molecule has 0 aromatic rings. The Morgan fingerprint density at radius 2 is 2.12 bits per heavy atom. The van der Waals surface area contributed by atoms with E-state index in [0.29, 0.717) is 18.9 Å². The van der Waals surface area contributed by atoms with E-state index in [0.717, 1.165) is 0 Å². The van der Waals surface area contributed by atoms with Crippen LogP contribution in [0.5, 0.6) is 0 Å². The van der Waals surface area contributed by atoms with Crippen LogP contribution in [-0.4, -0.2) is 37.4 Å². The lowest BCUT2D eigenvalue weighted by Crippen LogP contribution is -2.41. The van der Waals surface area contributed by atoms with E-state index in [-0.39, 0.29) is 18.6 Å². The van der Waals surface area contributed by atoms with Crippen molar-refractivity contribution in [3.8, 4) is 0 Å². The Labute approximate surface area is 97.4 Å². The number of amides is 1. The maximum Gasteiger partial charge on any atom is 0.220 e. The van der Waals surface area contributed by atoms with Gasteiger partial charge in [0, 0.05) is 13.5 Å². The van der Waals surface area contributed by atoms with Crippen LogP contribution in [-0.2, 0) is 9.53 Å². The first-order chi connectivity index (χ1) is 7.76. The van der Waals surface area contributed by atoms with Crippen LogP contribution < -0.4 is 5.32 Å². The highest BCUT2D eigenvalue weighted by molar-refractivity contribution is 5.76. The number of carbonyl (C=O) groups excluding carboxylic acids is 1. The minimum absolute atomic E-state index is 0.0444. The SMILES string of the molecule is COCC(CO)NC(=O)CC1CCCCC1. The lowest BCUT2D eigenvalue weighted by atomic mass is 9.87. The fourth-order valence-electron chi connectivity index (χ4n) is 2.28. The van der Waals surface area contributed by atoms with Crippen LogP contribution in [0, 0.1) is 5.92 Å². The third-order valence-corrected chi connectivity index (χ3v) is 3.15. The van der Waals surface area contributed by atoms with E-state index in [4.69, 9.17) is 9.84 Å². The Balaban J connectivity index is 2.22. The van der Waals surface area contributed by atoms with Gasteiger partial charge in [-0.2, -0.15) is 0 Å². The smallest absolute Gasteiger partial charge is 0.220 e. The maximum absolute atomic E-state index is 11.7. The zero-order chi connectivity index (χ0) is 11.8. The maximum atomic E-state index is 11.7. The molecule has 0 spiro atoms. The zero-order valence-electron chi connectivity index (χ0n) is 10.1. The highest BCUT2D eigenvalue weighted by atomic mass is 16.5. The van der Waals surface area contributed by atoms with Crippen molar-refractivity contribution in [3.05, 3.63) is 0 Å². The average Bonchev–Trinajstić information content (AvgIpc) is 2.29. The number of rotatable bonds is 6. The molecule has 0 saturated heterocycles. The summed E-state index contributed by atoms with van der Waals surface area (Å²) in [5.74, 6) is 0.582. The van der Waals surface area contributed by atoms with Crippen LogP contribution in [0.25, 0.3) is 0 Å². The molecule has 1 aliphatic carbocycles. The first-order valence-electron chi connectivity index (χ1n) is 6.15. The minimum atomic E-state index is -0.263. The molecular formula is C12H23NO3. The molecule has 1 saturated carbocycles. The van der Waals surface area contributed by atoms with E-state index in [2.05, 4.69) is 5.32 Å². The van der Waals surface area contributed by atoms with Crippen LogP contribution >= 0.6 is 0 Å². The molecule has 1 fully saturated rings. The van der Waals surface area contributed by atoms with Gasteiger partial charge in [-0.25, -0.2) is 0 Å². The molecule has 1 unspecified atom stereocenters. The van der Waals surface area contributed by atoms with Crippen molar-refractivity contribution >= 4 is 5.91 Å². The Morgan fingerprint density at radius 3 is 2.69 bits per heavy atom. The molecule has 0 heterocycles. The number of methoxy groups -OCH3 is 1. The number of hydrogen-bond acceptors (Lipinski definition) is 3. The third-order valence-electron chi connectivity index (χ3n) is 3.15. The summed E-state index contributed by atoms with van der Waals surface area (Å²) in [4.78, 5) is 11.7. The summed E-state index contributed by atoms with van der Waals surface area (Å²) in [6.07, 6.45) is 6.74. The Hall–Kier alpha value is -0.610. The molecule has 1 atom stereocenters. The van der Waals surface area contributed by atoms with E-state index < -0.39 is 0 Å². The first-order valence-corrected chi connectivity index (χ1v) is 6.15. The molecule has 0 radical (unpaired) electrons.